The molecular formula is C14H28N2O2. The molecule has 0 radical (unpaired) electrons. The Labute approximate surface area is 111 Å². The van der Waals surface area contributed by atoms with E-state index in [2.05, 4.69) is 10.6 Å². The zero-order valence-corrected chi connectivity index (χ0v) is 11.8. The Hall–Kier alpha value is -0.610. The van der Waals surface area contributed by atoms with E-state index in [-0.39, 0.29) is 11.9 Å². The van der Waals surface area contributed by atoms with E-state index in [1.165, 1.54) is 12.8 Å². The molecule has 1 rings (SSSR count). The van der Waals surface area contributed by atoms with Crippen LogP contribution in [-0.4, -0.2) is 35.7 Å². The van der Waals surface area contributed by atoms with Gasteiger partial charge in [0, 0.05) is 19.0 Å². The van der Waals surface area contributed by atoms with Crippen LogP contribution in [0.15, 0.2) is 0 Å². The van der Waals surface area contributed by atoms with Crippen LogP contribution in [0, 0.1) is 0 Å². The number of carbonyl (C=O) groups excluding carboxylic acids is 1. The van der Waals surface area contributed by atoms with Crippen molar-refractivity contribution >= 4 is 5.91 Å². The summed E-state index contributed by atoms with van der Waals surface area (Å²) in [6.07, 6.45) is 6.65. The monoisotopic (exact) mass is 256 g/mol. The van der Waals surface area contributed by atoms with Crippen LogP contribution < -0.4 is 10.6 Å². The molecule has 1 aliphatic rings. The smallest absolute Gasteiger partial charge is 0.221 e. The summed E-state index contributed by atoms with van der Waals surface area (Å²) in [5.74, 6) is 0.0288. The van der Waals surface area contributed by atoms with Gasteiger partial charge in [0.05, 0.1) is 5.60 Å². The van der Waals surface area contributed by atoms with E-state index < -0.39 is 5.60 Å². The van der Waals surface area contributed by atoms with Crippen LogP contribution in [0.4, 0.5) is 0 Å². The topological polar surface area (TPSA) is 61.4 Å². The first-order valence-electron chi connectivity index (χ1n) is 7.28. The second kappa shape index (κ2) is 7.74. The molecule has 106 valence electrons. The van der Waals surface area contributed by atoms with Crippen molar-refractivity contribution in [2.24, 2.45) is 0 Å². The van der Waals surface area contributed by atoms with E-state index in [1.807, 2.05) is 13.8 Å². The van der Waals surface area contributed by atoms with Crippen LogP contribution in [0.3, 0.4) is 0 Å². The van der Waals surface area contributed by atoms with E-state index in [9.17, 15) is 9.90 Å². The molecule has 1 fully saturated rings. The summed E-state index contributed by atoms with van der Waals surface area (Å²) >= 11 is 0. The molecule has 3 N–H and O–H groups in total. The summed E-state index contributed by atoms with van der Waals surface area (Å²) < 4.78 is 0. The van der Waals surface area contributed by atoms with Gasteiger partial charge in [-0.1, -0.05) is 32.6 Å². The summed E-state index contributed by atoms with van der Waals surface area (Å²) in [6.45, 7) is 5.31. The number of amides is 1. The number of aliphatic hydroxyl groups is 1. The van der Waals surface area contributed by atoms with Crippen LogP contribution in [0.5, 0.6) is 0 Å². The highest BCUT2D eigenvalue weighted by Gasteiger charge is 2.28. The second-order valence-electron chi connectivity index (χ2n) is 5.58. The lowest BCUT2D eigenvalue weighted by molar-refractivity contribution is -0.122. The molecule has 0 aromatic rings. The summed E-state index contributed by atoms with van der Waals surface area (Å²) in [6, 6.07) is 0.193. The molecule has 1 aliphatic carbocycles. The van der Waals surface area contributed by atoms with Gasteiger partial charge in [-0.25, -0.2) is 0 Å². The third kappa shape index (κ3) is 5.83. The van der Waals surface area contributed by atoms with Crippen LogP contribution in [-0.2, 0) is 4.79 Å². The minimum Gasteiger partial charge on any atom is -0.388 e. The minimum absolute atomic E-state index is 0.0288. The molecule has 0 aromatic carbocycles. The van der Waals surface area contributed by atoms with Crippen molar-refractivity contribution in [3.05, 3.63) is 0 Å². The molecule has 0 spiro atoms. The Morgan fingerprint density at radius 2 is 1.89 bits per heavy atom. The normalized spacial score (nSPS) is 21.1. The Morgan fingerprint density at radius 1 is 1.28 bits per heavy atom. The molecule has 1 atom stereocenters. The summed E-state index contributed by atoms with van der Waals surface area (Å²) in [5, 5.41) is 16.5. The van der Waals surface area contributed by atoms with Gasteiger partial charge < -0.3 is 15.7 Å². The Morgan fingerprint density at radius 3 is 2.44 bits per heavy atom. The van der Waals surface area contributed by atoms with E-state index in [4.69, 9.17) is 0 Å². The van der Waals surface area contributed by atoms with Gasteiger partial charge in [0.1, 0.15) is 0 Å². The van der Waals surface area contributed by atoms with Crippen LogP contribution >= 0.6 is 0 Å². The number of carbonyl (C=O) groups is 1. The van der Waals surface area contributed by atoms with E-state index in [1.54, 1.807) is 0 Å². The van der Waals surface area contributed by atoms with Crippen LogP contribution in [0.1, 0.15) is 58.8 Å². The molecule has 18 heavy (non-hydrogen) atoms. The summed E-state index contributed by atoms with van der Waals surface area (Å²) in [7, 11) is 0. The van der Waals surface area contributed by atoms with Gasteiger partial charge in [-0.15, -0.1) is 0 Å². The van der Waals surface area contributed by atoms with Gasteiger partial charge in [0.15, 0.2) is 0 Å². The van der Waals surface area contributed by atoms with Crippen molar-refractivity contribution in [3.8, 4) is 0 Å². The maximum atomic E-state index is 11.7. The molecule has 0 bridgehead atoms. The lowest BCUT2D eigenvalue weighted by Crippen LogP contribution is -2.44. The quantitative estimate of drug-likeness (QED) is 0.632. The van der Waals surface area contributed by atoms with Crippen molar-refractivity contribution in [2.75, 3.05) is 13.1 Å². The first-order valence-corrected chi connectivity index (χ1v) is 7.28. The average molecular weight is 256 g/mol. The predicted molar refractivity (Wildman–Crippen MR) is 73.4 cm³/mol. The van der Waals surface area contributed by atoms with Crippen molar-refractivity contribution < 1.29 is 9.90 Å². The molecule has 1 unspecified atom stereocenters. The molecule has 4 nitrogen and oxygen atoms in total. The van der Waals surface area contributed by atoms with E-state index in [0.717, 1.165) is 32.2 Å². The fourth-order valence-corrected chi connectivity index (χ4v) is 2.60. The second-order valence-corrected chi connectivity index (χ2v) is 5.58. The zero-order chi connectivity index (χ0) is 13.4. The molecule has 0 saturated heterocycles. The molecule has 1 saturated carbocycles. The highest BCUT2D eigenvalue weighted by Crippen LogP contribution is 2.26. The standard InChI is InChI=1S/C14H28N2O2/c1-3-15-12(2)10-13(17)16-11-14(18)8-6-4-5-7-9-14/h12,15,18H,3-11H2,1-2H3,(H,16,17). The van der Waals surface area contributed by atoms with Gasteiger partial charge >= 0.3 is 0 Å². The van der Waals surface area contributed by atoms with E-state index >= 15 is 0 Å². The lowest BCUT2D eigenvalue weighted by Gasteiger charge is -2.27. The maximum absolute atomic E-state index is 11.7. The van der Waals surface area contributed by atoms with Crippen molar-refractivity contribution in [2.45, 2.75) is 70.4 Å². The van der Waals surface area contributed by atoms with Crippen LogP contribution in [0.25, 0.3) is 0 Å². The minimum atomic E-state index is -0.673. The number of hydrogen-bond acceptors (Lipinski definition) is 3. The van der Waals surface area contributed by atoms with Gasteiger partial charge in [-0.2, -0.15) is 0 Å². The van der Waals surface area contributed by atoms with E-state index in [0.29, 0.717) is 13.0 Å². The zero-order valence-electron chi connectivity index (χ0n) is 11.8. The van der Waals surface area contributed by atoms with Crippen molar-refractivity contribution in [3.63, 3.8) is 0 Å². The number of nitrogens with one attached hydrogen (secondary N) is 2. The SMILES string of the molecule is CCNC(C)CC(=O)NCC1(O)CCCCCC1. The fraction of sp³-hybridized carbons (Fsp3) is 0.929. The molecule has 1 amide bonds. The summed E-state index contributed by atoms with van der Waals surface area (Å²) in [4.78, 5) is 11.7. The third-order valence-corrected chi connectivity index (χ3v) is 3.69. The first kappa shape index (κ1) is 15.4. The molecule has 0 aliphatic heterocycles. The number of hydrogen-bond donors (Lipinski definition) is 3. The highest BCUT2D eigenvalue weighted by molar-refractivity contribution is 5.76. The molecule has 0 aromatic heterocycles. The largest absolute Gasteiger partial charge is 0.388 e. The Bertz CT molecular complexity index is 248. The lowest BCUT2D eigenvalue weighted by atomic mass is 9.94. The summed E-state index contributed by atoms with van der Waals surface area (Å²) in [5.41, 5.74) is -0.673. The maximum Gasteiger partial charge on any atom is 0.221 e. The molecule has 0 heterocycles. The third-order valence-electron chi connectivity index (χ3n) is 3.69. The molecular weight excluding hydrogens is 228 g/mol. The Balaban J connectivity index is 2.27. The van der Waals surface area contributed by atoms with Gasteiger partial charge in [0.25, 0.3) is 0 Å². The Kier molecular flexibility index (Phi) is 6.65. The van der Waals surface area contributed by atoms with Crippen LogP contribution in [0.2, 0.25) is 0 Å². The molecule has 4 heteroatoms. The van der Waals surface area contributed by atoms with Gasteiger partial charge in [-0.05, 0) is 26.3 Å². The highest BCUT2D eigenvalue weighted by atomic mass is 16.3. The number of rotatable bonds is 6. The van der Waals surface area contributed by atoms with Crippen molar-refractivity contribution in [1.29, 1.82) is 0 Å². The average Bonchev–Trinajstić information content (AvgIpc) is 2.53. The van der Waals surface area contributed by atoms with Crippen molar-refractivity contribution in [1.82, 2.24) is 10.6 Å². The fourth-order valence-electron chi connectivity index (χ4n) is 2.60. The first-order chi connectivity index (χ1) is 8.56. The predicted octanol–water partition coefficient (Wildman–Crippen LogP) is 1.58. The van der Waals surface area contributed by atoms with Gasteiger partial charge in [0.2, 0.25) is 5.91 Å². The van der Waals surface area contributed by atoms with Gasteiger partial charge in [-0.3, -0.25) is 4.79 Å².